The molecule has 5 heteroatoms. The number of benzene rings is 1. The number of carbonyl (C=O) groups is 1. The Morgan fingerprint density at radius 2 is 2.00 bits per heavy atom. The number of hydrogen-bond acceptors (Lipinski definition) is 3. The van der Waals surface area contributed by atoms with Crippen LogP contribution in [0, 0.1) is 5.82 Å². The van der Waals surface area contributed by atoms with Crippen molar-refractivity contribution in [2.24, 2.45) is 5.73 Å². The fourth-order valence-corrected chi connectivity index (χ4v) is 1.62. The molecule has 100 valence electrons. The van der Waals surface area contributed by atoms with Gasteiger partial charge in [0.1, 0.15) is 11.4 Å². The third-order valence-electron chi connectivity index (χ3n) is 2.95. The molecule has 0 aliphatic rings. The van der Waals surface area contributed by atoms with Gasteiger partial charge in [0.25, 0.3) is 0 Å². The first-order valence-corrected chi connectivity index (χ1v) is 5.82. The van der Waals surface area contributed by atoms with Crippen molar-refractivity contribution in [1.82, 2.24) is 0 Å². The highest BCUT2D eigenvalue weighted by Crippen LogP contribution is 2.15. The number of halogens is 1. The number of carboxylic acid groups (broad SMARTS) is 1. The zero-order valence-electron chi connectivity index (χ0n) is 10.7. The highest BCUT2D eigenvalue weighted by atomic mass is 19.1. The second kappa shape index (κ2) is 5.82. The van der Waals surface area contributed by atoms with E-state index < -0.39 is 11.5 Å². The van der Waals surface area contributed by atoms with Gasteiger partial charge in [-0.15, -0.1) is 0 Å². The Morgan fingerprint density at radius 1 is 1.44 bits per heavy atom. The Balaban J connectivity index is 2.45. The predicted molar refractivity (Wildman–Crippen MR) is 69.1 cm³/mol. The van der Waals surface area contributed by atoms with Crippen molar-refractivity contribution in [3.8, 4) is 0 Å². The Morgan fingerprint density at radius 3 is 2.50 bits per heavy atom. The molecule has 3 N–H and O–H groups in total. The summed E-state index contributed by atoms with van der Waals surface area (Å²) in [4.78, 5) is 12.8. The molecule has 0 amide bonds. The Labute approximate surface area is 106 Å². The molecule has 18 heavy (non-hydrogen) atoms. The van der Waals surface area contributed by atoms with E-state index in [1.807, 2.05) is 11.9 Å². The molecule has 0 radical (unpaired) electrons. The van der Waals surface area contributed by atoms with E-state index in [1.165, 1.54) is 19.1 Å². The molecule has 0 aliphatic carbocycles. The molecular formula is C13H19FN2O2. The lowest BCUT2D eigenvalue weighted by molar-refractivity contribution is -0.142. The fraction of sp³-hybridized carbons (Fsp3) is 0.462. The maximum absolute atomic E-state index is 12.7. The minimum atomic E-state index is -1.19. The summed E-state index contributed by atoms with van der Waals surface area (Å²) < 4.78 is 12.7. The predicted octanol–water partition coefficient (Wildman–Crippen LogP) is 1.84. The van der Waals surface area contributed by atoms with Gasteiger partial charge in [-0.1, -0.05) is 0 Å². The summed E-state index contributed by atoms with van der Waals surface area (Å²) in [5.74, 6) is -1.26. The van der Waals surface area contributed by atoms with E-state index in [4.69, 9.17) is 10.8 Å². The number of hydrogen-bond donors (Lipinski definition) is 2. The molecule has 1 aromatic carbocycles. The zero-order chi connectivity index (χ0) is 13.8. The number of rotatable bonds is 6. The summed E-state index contributed by atoms with van der Waals surface area (Å²) in [6.45, 7) is 2.18. The summed E-state index contributed by atoms with van der Waals surface area (Å²) in [5, 5.41) is 8.87. The van der Waals surface area contributed by atoms with Crippen LogP contribution in [0.25, 0.3) is 0 Å². The van der Waals surface area contributed by atoms with Gasteiger partial charge in [-0.2, -0.15) is 0 Å². The SMILES string of the molecule is CN(CCCC(C)(N)C(=O)O)c1ccc(F)cc1. The lowest BCUT2D eigenvalue weighted by Gasteiger charge is -2.23. The van der Waals surface area contributed by atoms with E-state index in [9.17, 15) is 9.18 Å². The third kappa shape index (κ3) is 4.00. The van der Waals surface area contributed by atoms with Crippen LogP contribution in [-0.4, -0.2) is 30.2 Å². The maximum atomic E-state index is 12.7. The van der Waals surface area contributed by atoms with E-state index in [0.29, 0.717) is 19.4 Å². The van der Waals surface area contributed by atoms with Crippen LogP contribution in [0.4, 0.5) is 10.1 Å². The van der Waals surface area contributed by atoms with Crippen LogP contribution >= 0.6 is 0 Å². The monoisotopic (exact) mass is 254 g/mol. The van der Waals surface area contributed by atoms with Crippen LogP contribution < -0.4 is 10.6 Å². The molecule has 1 aromatic rings. The maximum Gasteiger partial charge on any atom is 0.323 e. The number of carboxylic acids is 1. The van der Waals surface area contributed by atoms with Gasteiger partial charge in [0.2, 0.25) is 0 Å². The molecule has 4 nitrogen and oxygen atoms in total. The van der Waals surface area contributed by atoms with Crippen molar-refractivity contribution in [3.05, 3.63) is 30.1 Å². The number of aliphatic carboxylic acids is 1. The first-order chi connectivity index (χ1) is 8.33. The van der Waals surface area contributed by atoms with E-state index in [2.05, 4.69) is 0 Å². The summed E-state index contributed by atoms with van der Waals surface area (Å²) in [6.07, 6.45) is 1.06. The van der Waals surface area contributed by atoms with E-state index in [-0.39, 0.29) is 5.82 Å². The average Bonchev–Trinajstić information content (AvgIpc) is 2.29. The summed E-state index contributed by atoms with van der Waals surface area (Å²) in [6, 6.07) is 6.18. The van der Waals surface area contributed by atoms with Crippen LogP contribution in [0.15, 0.2) is 24.3 Å². The van der Waals surface area contributed by atoms with Gasteiger partial charge in [0.15, 0.2) is 0 Å². The number of nitrogens with two attached hydrogens (primary N) is 1. The highest BCUT2D eigenvalue weighted by Gasteiger charge is 2.26. The molecule has 1 rings (SSSR count). The summed E-state index contributed by atoms with van der Waals surface area (Å²) in [5.41, 5.74) is 5.34. The minimum Gasteiger partial charge on any atom is -0.480 e. The fourth-order valence-electron chi connectivity index (χ4n) is 1.62. The molecule has 1 atom stereocenters. The Bertz CT molecular complexity index is 404. The van der Waals surface area contributed by atoms with Crippen molar-refractivity contribution in [2.45, 2.75) is 25.3 Å². The largest absolute Gasteiger partial charge is 0.480 e. The topological polar surface area (TPSA) is 66.6 Å². The molecule has 0 heterocycles. The van der Waals surface area contributed by atoms with Crippen LogP contribution in [0.3, 0.4) is 0 Å². The van der Waals surface area contributed by atoms with Crippen molar-refractivity contribution < 1.29 is 14.3 Å². The van der Waals surface area contributed by atoms with Crippen molar-refractivity contribution in [1.29, 1.82) is 0 Å². The van der Waals surface area contributed by atoms with Crippen LogP contribution in [0.5, 0.6) is 0 Å². The van der Waals surface area contributed by atoms with Crippen molar-refractivity contribution in [3.63, 3.8) is 0 Å². The first-order valence-electron chi connectivity index (χ1n) is 5.82. The van der Waals surface area contributed by atoms with Crippen LogP contribution in [0.1, 0.15) is 19.8 Å². The number of anilines is 1. The number of nitrogens with zero attached hydrogens (tertiary/aromatic N) is 1. The van der Waals surface area contributed by atoms with Gasteiger partial charge in [-0.25, -0.2) is 4.39 Å². The quantitative estimate of drug-likeness (QED) is 0.813. The zero-order valence-corrected chi connectivity index (χ0v) is 10.7. The molecular weight excluding hydrogens is 235 g/mol. The van der Waals surface area contributed by atoms with Gasteiger partial charge in [-0.05, 0) is 44.0 Å². The lowest BCUT2D eigenvalue weighted by Crippen LogP contribution is -2.45. The molecule has 1 unspecified atom stereocenters. The molecule has 0 fully saturated rings. The summed E-state index contributed by atoms with van der Waals surface area (Å²) >= 11 is 0. The smallest absolute Gasteiger partial charge is 0.323 e. The second-order valence-corrected chi connectivity index (χ2v) is 4.72. The second-order valence-electron chi connectivity index (χ2n) is 4.72. The standard InChI is InChI=1S/C13H19FN2O2/c1-13(15,12(17)18)8-3-9-16(2)11-6-4-10(14)5-7-11/h4-7H,3,8-9,15H2,1-2H3,(H,17,18). The molecule has 0 saturated heterocycles. The highest BCUT2D eigenvalue weighted by molar-refractivity contribution is 5.77. The average molecular weight is 254 g/mol. The van der Waals surface area contributed by atoms with E-state index in [1.54, 1.807) is 12.1 Å². The molecule has 0 aliphatic heterocycles. The van der Waals surface area contributed by atoms with Gasteiger partial charge >= 0.3 is 5.97 Å². The van der Waals surface area contributed by atoms with Crippen molar-refractivity contribution in [2.75, 3.05) is 18.5 Å². The van der Waals surface area contributed by atoms with Crippen LogP contribution in [-0.2, 0) is 4.79 Å². The molecule has 0 spiro atoms. The lowest BCUT2D eigenvalue weighted by atomic mass is 9.97. The Hall–Kier alpha value is -1.62. The first kappa shape index (κ1) is 14.4. The molecule has 0 aromatic heterocycles. The summed E-state index contributed by atoms with van der Waals surface area (Å²) in [7, 11) is 1.88. The minimum absolute atomic E-state index is 0.271. The van der Waals surface area contributed by atoms with E-state index >= 15 is 0 Å². The van der Waals surface area contributed by atoms with Crippen LogP contribution in [0.2, 0.25) is 0 Å². The van der Waals surface area contributed by atoms with Gasteiger partial charge in [-0.3, -0.25) is 4.79 Å². The van der Waals surface area contributed by atoms with Gasteiger partial charge < -0.3 is 15.7 Å². The molecule has 0 bridgehead atoms. The van der Waals surface area contributed by atoms with Gasteiger partial charge in [0.05, 0.1) is 0 Å². The molecule has 0 saturated carbocycles. The van der Waals surface area contributed by atoms with Gasteiger partial charge in [0, 0.05) is 19.3 Å². The normalized spacial score (nSPS) is 14.0. The van der Waals surface area contributed by atoms with Crippen molar-refractivity contribution >= 4 is 11.7 Å². The third-order valence-corrected chi connectivity index (χ3v) is 2.95. The van der Waals surface area contributed by atoms with E-state index in [0.717, 1.165) is 5.69 Å². The Kier molecular flexibility index (Phi) is 4.67.